The monoisotopic (exact) mass is 197 g/mol. The van der Waals surface area contributed by atoms with E-state index in [1.54, 1.807) is 0 Å². The van der Waals surface area contributed by atoms with Crippen molar-refractivity contribution in [2.45, 2.75) is 46.2 Å². The molecule has 0 atom stereocenters. The minimum atomic E-state index is 0.212. The molecule has 0 aliphatic carbocycles. The Bertz CT molecular complexity index is 264. The lowest BCUT2D eigenvalue weighted by atomic mass is 10.3. The van der Waals surface area contributed by atoms with Crippen LogP contribution in [0.25, 0.3) is 0 Å². The molecule has 3 heteroatoms. The average molecular weight is 197 g/mol. The molecule has 0 saturated heterocycles. The van der Waals surface area contributed by atoms with Gasteiger partial charge in [-0.25, -0.2) is 9.13 Å². The molecule has 0 fully saturated rings. The normalized spacial score (nSPS) is 11.6. The van der Waals surface area contributed by atoms with Gasteiger partial charge in [-0.05, 0) is 27.7 Å². The minimum absolute atomic E-state index is 0.212. The van der Waals surface area contributed by atoms with Crippen molar-refractivity contribution >= 4 is 0 Å². The van der Waals surface area contributed by atoms with Crippen LogP contribution < -0.4 is 4.57 Å². The number of aliphatic hydroxyl groups is 1. The van der Waals surface area contributed by atoms with Gasteiger partial charge in [-0.3, -0.25) is 0 Å². The highest BCUT2D eigenvalue weighted by Crippen LogP contribution is 2.09. The molecular weight excluding hydrogens is 176 g/mol. The summed E-state index contributed by atoms with van der Waals surface area (Å²) in [5.74, 6) is 1.21. The zero-order chi connectivity index (χ0) is 10.7. The first kappa shape index (κ1) is 11.2. The Balaban J connectivity index is 3.06. The first-order valence-corrected chi connectivity index (χ1v) is 5.29. The van der Waals surface area contributed by atoms with Gasteiger partial charge in [0, 0.05) is 0 Å². The number of nitrogens with zero attached hydrogens (tertiary/aromatic N) is 2. The van der Waals surface area contributed by atoms with Gasteiger partial charge in [-0.15, -0.1) is 0 Å². The van der Waals surface area contributed by atoms with Gasteiger partial charge in [0.1, 0.15) is 12.4 Å². The standard InChI is InChI=1S/C11H21N2O/c1-9(2)12-6-7-13(10(3)4)11(12)5-8-14/h6-7,9-10,14H,5,8H2,1-4H3/q+1. The van der Waals surface area contributed by atoms with Crippen LogP contribution >= 0.6 is 0 Å². The van der Waals surface area contributed by atoms with Crippen LogP contribution in [0.3, 0.4) is 0 Å². The van der Waals surface area contributed by atoms with E-state index in [0.29, 0.717) is 12.1 Å². The molecule has 1 N–H and O–H groups in total. The summed E-state index contributed by atoms with van der Waals surface area (Å²) in [7, 11) is 0. The first-order chi connectivity index (χ1) is 6.57. The summed E-state index contributed by atoms with van der Waals surface area (Å²) in [6.45, 7) is 8.84. The molecule has 1 heterocycles. The lowest BCUT2D eigenvalue weighted by Gasteiger charge is -2.08. The van der Waals surface area contributed by atoms with Gasteiger partial charge in [0.05, 0.1) is 25.1 Å². The van der Waals surface area contributed by atoms with Gasteiger partial charge in [-0.1, -0.05) is 0 Å². The van der Waals surface area contributed by atoms with Gasteiger partial charge in [0.15, 0.2) is 0 Å². The van der Waals surface area contributed by atoms with E-state index in [0.717, 1.165) is 6.42 Å². The highest BCUT2D eigenvalue weighted by molar-refractivity contribution is 4.87. The molecule has 0 aromatic carbocycles. The lowest BCUT2D eigenvalue weighted by Crippen LogP contribution is -2.40. The van der Waals surface area contributed by atoms with E-state index in [9.17, 15) is 0 Å². The molecule has 0 unspecified atom stereocenters. The van der Waals surface area contributed by atoms with Crippen LogP contribution in [0.1, 0.15) is 45.6 Å². The van der Waals surface area contributed by atoms with Gasteiger partial charge in [0.25, 0.3) is 5.82 Å². The van der Waals surface area contributed by atoms with E-state index in [1.807, 2.05) is 0 Å². The van der Waals surface area contributed by atoms with Gasteiger partial charge >= 0.3 is 0 Å². The predicted octanol–water partition coefficient (Wildman–Crippen LogP) is 1.47. The maximum Gasteiger partial charge on any atom is 0.259 e. The molecule has 0 saturated carbocycles. The Morgan fingerprint density at radius 2 is 2.00 bits per heavy atom. The van der Waals surface area contributed by atoms with Crippen LogP contribution in [0.2, 0.25) is 0 Å². The van der Waals surface area contributed by atoms with Crippen molar-refractivity contribution < 1.29 is 9.67 Å². The van der Waals surface area contributed by atoms with Crippen LogP contribution in [0.5, 0.6) is 0 Å². The fraction of sp³-hybridized carbons (Fsp3) is 0.727. The summed E-state index contributed by atoms with van der Waals surface area (Å²) in [5.41, 5.74) is 0. The number of rotatable bonds is 4. The van der Waals surface area contributed by atoms with E-state index in [2.05, 4.69) is 49.2 Å². The number of hydrogen-bond acceptors (Lipinski definition) is 1. The van der Waals surface area contributed by atoms with Crippen LogP contribution in [-0.2, 0) is 6.42 Å². The maximum absolute atomic E-state index is 9.02. The molecule has 80 valence electrons. The molecule has 0 amide bonds. The van der Waals surface area contributed by atoms with Crippen LogP contribution in [0.15, 0.2) is 12.4 Å². The van der Waals surface area contributed by atoms with Gasteiger partial charge < -0.3 is 5.11 Å². The molecule has 1 rings (SSSR count). The van der Waals surface area contributed by atoms with Gasteiger partial charge in [0.2, 0.25) is 0 Å². The Labute approximate surface area is 86.0 Å². The van der Waals surface area contributed by atoms with Crippen LogP contribution in [0, 0.1) is 0 Å². The topological polar surface area (TPSA) is 29.0 Å². The molecule has 0 aliphatic heterocycles. The molecule has 0 spiro atoms. The highest BCUT2D eigenvalue weighted by atomic mass is 16.3. The van der Waals surface area contributed by atoms with E-state index >= 15 is 0 Å². The Morgan fingerprint density at radius 3 is 2.43 bits per heavy atom. The van der Waals surface area contributed by atoms with Crippen molar-refractivity contribution in [3.8, 4) is 0 Å². The molecule has 1 aromatic heterocycles. The SMILES string of the molecule is CC(C)n1cc[n+](C(C)C)c1CCO. The molecule has 14 heavy (non-hydrogen) atoms. The third kappa shape index (κ3) is 2.15. The Hall–Kier alpha value is -0.830. The number of aliphatic hydroxyl groups excluding tert-OH is 1. The zero-order valence-corrected chi connectivity index (χ0v) is 9.57. The summed E-state index contributed by atoms with van der Waals surface area (Å²) < 4.78 is 4.44. The van der Waals surface area contributed by atoms with Crippen molar-refractivity contribution in [2.24, 2.45) is 0 Å². The Kier molecular flexibility index (Phi) is 3.69. The predicted molar refractivity (Wildman–Crippen MR) is 56.2 cm³/mol. The highest BCUT2D eigenvalue weighted by Gasteiger charge is 2.20. The largest absolute Gasteiger partial charge is 0.396 e. The number of imidazole rings is 1. The molecule has 1 aromatic rings. The molecular formula is C11H21N2O+. The summed E-state index contributed by atoms with van der Waals surface area (Å²) in [5, 5.41) is 9.02. The second kappa shape index (κ2) is 4.60. The van der Waals surface area contributed by atoms with Crippen molar-refractivity contribution in [1.82, 2.24) is 4.57 Å². The van der Waals surface area contributed by atoms with Gasteiger partial charge in [-0.2, -0.15) is 0 Å². The van der Waals surface area contributed by atoms with E-state index in [4.69, 9.17) is 5.11 Å². The summed E-state index contributed by atoms with van der Waals surface area (Å²) >= 11 is 0. The third-order valence-electron chi connectivity index (χ3n) is 2.43. The Morgan fingerprint density at radius 1 is 1.36 bits per heavy atom. The second-order valence-corrected chi connectivity index (χ2v) is 4.19. The quantitative estimate of drug-likeness (QED) is 0.728. The molecule has 3 nitrogen and oxygen atoms in total. The minimum Gasteiger partial charge on any atom is -0.396 e. The van der Waals surface area contributed by atoms with Crippen molar-refractivity contribution in [3.63, 3.8) is 0 Å². The summed E-state index contributed by atoms with van der Waals surface area (Å²) in [6.07, 6.45) is 4.91. The fourth-order valence-corrected chi connectivity index (χ4v) is 1.75. The molecule has 0 aliphatic rings. The molecule has 0 bridgehead atoms. The van der Waals surface area contributed by atoms with E-state index in [-0.39, 0.29) is 6.61 Å². The van der Waals surface area contributed by atoms with Crippen molar-refractivity contribution in [1.29, 1.82) is 0 Å². The van der Waals surface area contributed by atoms with Crippen LogP contribution in [-0.4, -0.2) is 16.3 Å². The second-order valence-electron chi connectivity index (χ2n) is 4.19. The lowest BCUT2D eigenvalue weighted by molar-refractivity contribution is -0.722. The smallest absolute Gasteiger partial charge is 0.259 e. The third-order valence-corrected chi connectivity index (χ3v) is 2.43. The summed E-state index contributed by atoms with van der Waals surface area (Å²) in [6, 6.07) is 0.910. The van der Waals surface area contributed by atoms with Crippen LogP contribution in [0.4, 0.5) is 0 Å². The average Bonchev–Trinajstić information content (AvgIpc) is 2.48. The molecule has 0 radical (unpaired) electrons. The van der Waals surface area contributed by atoms with Crippen molar-refractivity contribution in [3.05, 3.63) is 18.2 Å². The van der Waals surface area contributed by atoms with E-state index in [1.165, 1.54) is 5.82 Å². The fourth-order valence-electron chi connectivity index (χ4n) is 1.75. The summed E-state index contributed by atoms with van der Waals surface area (Å²) in [4.78, 5) is 0. The zero-order valence-electron chi connectivity index (χ0n) is 9.57. The van der Waals surface area contributed by atoms with Crippen molar-refractivity contribution in [2.75, 3.05) is 6.61 Å². The first-order valence-electron chi connectivity index (χ1n) is 5.29. The number of hydrogen-bond donors (Lipinski definition) is 1. The number of aromatic nitrogens is 2. The maximum atomic E-state index is 9.02. The van der Waals surface area contributed by atoms with E-state index < -0.39 is 0 Å².